The van der Waals surface area contributed by atoms with Gasteiger partial charge in [-0.3, -0.25) is 0 Å². The highest BCUT2D eigenvalue weighted by Crippen LogP contribution is 2.47. The zero-order chi connectivity index (χ0) is 19.9. The van der Waals surface area contributed by atoms with Gasteiger partial charge in [0.25, 0.3) is 0 Å². The van der Waals surface area contributed by atoms with E-state index >= 15 is 0 Å². The van der Waals surface area contributed by atoms with Gasteiger partial charge < -0.3 is 14.7 Å². The molecule has 1 fully saturated rings. The minimum absolute atomic E-state index is 0.191. The van der Waals surface area contributed by atoms with Crippen molar-refractivity contribution >= 4 is 0 Å². The normalized spacial score (nSPS) is 27.0. The zero-order valence-corrected chi connectivity index (χ0v) is 17.8. The third-order valence-corrected chi connectivity index (χ3v) is 6.17. The second-order valence-electron chi connectivity index (χ2n) is 8.90. The Hall–Kier alpha value is -1.42. The summed E-state index contributed by atoms with van der Waals surface area (Å²) in [6.45, 7) is 4.81. The van der Waals surface area contributed by atoms with E-state index in [0.29, 0.717) is 17.8 Å². The van der Waals surface area contributed by atoms with Crippen LogP contribution in [0.3, 0.4) is 0 Å². The first-order chi connectivity index (χ1) is 13.5. The van der Waals surface area contributed by atoms with Crippen LogP contribution < -0.4 is 0 Å². The Bertz CT molecular complexity index is 679. The summed E-state index contributed by atoms with van der Waals surface area (Å²) in [6.07, 6.45) is 12.0. The average Bonchev–Trinajstić information content (AvgIpc) is 3.15. The molecule has 3 nitrogen and oxygen atoms in total. The maximum Gasteiger partial charge on any atom is 0.0676 e. The number of hydrogen-bond acceptors (Lipinski definition) is 3. The topological polar surface area (TPSA) is 32.7 Å². The maximum atomic E-state index is 10.5. The van der Waals surface area contributed by atoms with Gasteiger partial charge in [-0.25, -0.2) is 0 Å². The van der Waals surface area contributed by atoms with E-state index in [1.807, 2.05) is 0 Å². The SMILES string of the molecule is Cc1cccc(CCC=C[C@@H]2[C@H]3CC(COCCCN(C)C)=C[C@H]3C[C@H]2O)c1. The van der Waals surface area contributed by atoms with Gasteiger partial charge >= 0.3 is 0 Å². The number of aryl methyl sites for hydroxylation is 2. The third kappa shape index (κ3) is 6.04. The molecule has 154 valence electrons. The molecule has 1 N–H and O–H groups in total. The molecule has 0 unspecified atom stereocenters. The monoisotopic (exact) mass is 383 g/mol. The van der Waals surface area contributed by atoms with Crippen LogP contribution >= 0.6 is 0 Å². The molecule has 1 saturated carbocycles. The van der Waals surface area contributed by atoms with Gasteiger partial charge in [0.2, 0.25) is 0 Å². The molecule has 4 atom stereocenters. The molecule has 0 heterocycles. The quantitative estimate of drug-likeness (QED) is 0.480. The van der Waals surface area contributed by atoms with Crippen molar-refractivity contribution in [2.24, 2.45) is 17.8 Å². The average molecular weight is 384 g/mol. The highest BCUT2D eigenvalue weighted by atomic mass is 16.5. The lowest BCUT2D eigenvalue weighted by Crippen LogP contribution is -2.17. The van der Waals surface area contributed by atoms with Crippen LogP contribution in [0.15, 0.2) is 48.1 Å². The molecule has 1 aromatic rings. The predicted molar refractivity (Wildman–Crippen MR) is 116 cm³/mol. The van der Waals surface area contributed by atoms with Crippen molar-refractivity contribution in [1.29, 1.82) is 0 Å². The predicted octanol–water partition coefficient (Wildman–Crippen LogP) is 4.40. The number of nitrogens with zero attached hydrogens (tertiary/aromatic N) is 1. The summed E-state index contributed by atoms with van der Waals surface area (Å²) in [5.41, 5.74) is 4.15. The Balaban J connectivity index is 1.42. The first-order valence-electron chi connectivity index (χ1n) is 10.8. The molecule has 0 bridgehead atoms. The minimum Gasteiger partial charge on any atom is -0.392 e. The smallest absolute Gasteiger partial charge is 0.0676 e. The van der Waals surface area contributed by atoms with Gasteiger partial charge in [0.05, 0.1) is 12.7 Å². The van der Waals surface area contributed by atoms with E-state index in [4.69, 9.17) is 4.74 Å². The minimum atomic E-state index is -0.191. The highest BCUT2D eigenvalue weighted by Gasteiger charge is 2.43. The molecule has 0 spiro atoms. The van der Waals surface area contributed by atoms with Gasteiger partial charge in [0, 0.05) is 12.5 Å². The summed E-state index contributed by atoms with van der Waals surface area (Å²) >= 11 is 0. The van der Waals surface area contributed by atoms with Crippen LogP contribution in [-0.2, 0) is 11.2 Å². The molecule has 0 radical (unpaired) electrons. The maximum absolute atomic E-state index is 10.5. The number of fused-ring (bicyclic) bond motifs is 1. The first kappa shape index (κ1) is 21.3. The number of aliphatic hydroxyl groups excluding tert-OH is 1. The van der Waals surface area contributed by atoms with Crippen LogP contribution in [0.1, 0.15) is 36.8 Å². The number of allylic oxidation sites excluding steroid dienone is 2. The van der Waals surface area contributed by atoms with Gasteiger partial charge in [-0.2, -0.15) is 0 Å². The van der Waals surface area contributed by atoms with Crippen molar-refractivity contribution in [1.82, 2.24) is 4.90 Å². The van der Waals surface area contributed by atoms with E-state index < -0.39 is 0 Å². The van der Waals surface area contributed by atoms with Gasteiger partial charge in [-0.1, -0.05) is 48.1 Å². The van der Waals surface area contributed by atoms with Crippen LogP contribution in [0.25, 0.3) is 0 Å². The fraction of sp³-hybridized carbons (Fsp3) is 0.600. The van der Waals surface area contributed by atoms with E-state index in [2.05, 4.69) is 68.4 Å². The molecule has 0 aliphatic heterocycles. The lowest BCUT2D eigenvalue weighted by molar-refractivity contribution is 0.133. The molecule has 0 saturated heterocycles. The molecule has 2 aliphatic rings. The second-order valence-corrected chi connectivity index (χ2v) is 8.90. The second kappa shape index (κ2) is 10.4. The van der Waals surface area contributed by atoms with Gasteiger partial charge in [-0.05, 0) is 82.6 Å². The van der Waals surface area contributed by atoms with E-state index in [0.717, 1.165) is 51.9 Å². The van der Waals surface area contributed by atoms with Crippen LogP contribution in [0.5, 0.6) is 0 Å². The van der Waals surface area contributed by atoms with Crippen LogP contribution in [0.2, 0.25) is 0 Å². The number of benzene rings is 1. The highest BCUT2D eigenvalue weighted by molar-refractivity contribution is 5.23. The Morgan fingerprint density at radius 3 is 2.93 bits per heavy atom. The summed E-state index contributed by atoms with van der Waals surface area (Å²) in [4.78, 5) is 2.19. The summed E-state index contributed by atoms with van der Waals surface area (Å²) in [5, 5.41) is 10.5. The van der Waals surface area contributed by atoms with Crippen LogP contribution in [0.4, 0.5) is 0 Å². The van der Waals surface area contributed by atoms with Crippen molar-refractivity contribution in [3.8, 4) is 0 Å². The van der Waals surface area contributed by atoms with Crippen molar-refractivity contribution in [2.45, 2.75) is 45.1 Å². The Morgan fingerprint density at radius 1 is 1.29 bits per heavy atom. The van der Waals surface area contributed by atoms with E-state index in [1.165, 1.54) is 16.7 Å². The molecule has 3 rings (SSSR count). The third-order valence-electron chi connectivity index (χ3n) is 6.17. The van der Waals surface area contributed by atoms with Crippen molar-refractivity contribution < 1.29 is 9.84 Å². The standard InChI is InChI=1S/C25H37NO2/c1-19-8-6-10-20(14-19)9-4-5-11-23-24-16-21(15-22(24)17-25(23)27)18-28-13-7-12-26(2)3/h5-6,8,10-11,14-15,22-25,27H,4,7,9,12-13,16-18H2,1-3H3/t22-,23+,24-,25+/m0/s1. The molecular weight excluding hydrogens is 346 g/mol. The molecule has 0 aromatic heterocycles. The van der Waals surface area contributed by atoms with Gasteiger partial charge in [0.15, 0.2) is 0 Å². The van der Waals surface area contributed by atoms with Gasteiger partial charge in [0.1, 0.15) is 0 Å². The summed E-state index contributed by atoms with van der Waals surface area (Å²) in [7, 11) is 4.20. The summed E-state index contributed by atoms with van der Waals surface area (Å²) in [6, 6.07) is 8.74. The first-order valence-corrected chi connectivity index (χ1v) is 10.8. The molecule has 1 aromatic carbocycles. The molecular formula is C25H37NO2. The molecule has 3 heteroatoms. The van der Waals surface area contributed by atoms with E-state index in [1.54, 1.807) is 0 Å². The number of rotatable bonds is 10. The number of ether oxygens (including phenoxy) is 1. The van der Waals surface area contributed by atoms with Crippen LogP contribution in [-0.4, -0.2) is 50.0 Å². The Morgan fingerprint density at radius 2 is 2.14 bits per heavy atom. The summed E-state index contributed by atoms with van der Waals surface area (Å²) < 4.78 is 5.88. The Kier molecular flexibility index (Phi) is 7.90. The van der Waals surface area contributed by atoms with Gasteiger partial charge in [-0.15, -0.1) is 0 Å². The van der Waals surface area contributed by atoms with Crippen LogP contribution in [0, 0.1) is 24.7 Å². The molecule has 2 aliphatic carbocycles. The number of hydrogen-bond donors (Lipinski definition) is 1. The van der Waals surface area contributed by atoms with E-state index in [-0.39, 0.29) is 6.10 Å². The fourth-order valence-electron chi connectivity index (χ4n) is 4.77. The Labute approximate surface area is 171 Å². The fourth-order valence-corrected chi connectivity index (χ4v) is 4.77. The molecule has 28 heavy (non-hydrogen) atoms. The zero-order valence-electron chi connectivity index (χ0n) is 17.8. The van der Waals surface area contributed by atoms with Crippen molar-refractivity contribution in [3.05, 3.63) is 59.2 Å². The lowest BCUT2D eigenvalue weighted by Gasteiger charge is -2.18. The van der Waals surface area contributed by atoms with Crippen molar-refractivity contribution in [3.63, 3.8) is 0 Å². The van der Waals surface area contributed by atoms with Crippen molar-refractivity contribution in [2.75, 3.05) is 33.9 Å². The number of aliphatic hydroxyl groups is 1. The molecule has 0 amide bonds. The van der Waals surface area contributed by atoms with E-state index in [9.17, 15) is 5.11 Å². The largest absolute Gasteiger partial charge is 0.392 e. The summed E-state index contributed by atoms with van der Waals surface area (Å²) in [5.74, 6) is 1.39. The lowest BCUT2D eigenvalue weighted by atomic mass is 9.89.